The van der Waals surface area contributed by atoms with Gasteiger partial charge in [0.1, 0.15) is 23.0 Å². The van der Waals surface area contributed by atoms with Crippen molar-refractivity contribution in [3.63, 3.8) is 0 Å². The van der Waals surface area contributed by atoms with Gasteiger partial charge in [0.25, 0.3) is 11.8 Å². The van der Waals surface area contributed by atoms with Crippen LogP contribution in [0.3, 0.4) is 0 Å². The second kappa shape index (κ2) is 10.8. The molecule has 0 radical (unpaired) electrons. The number of rotatable bonds is 5. The summed E-state index contributed by atoms with van der Waals surface area (Å²) in [4.78, 5) is 38.8. The van der Waals surface area contributed by atoms with Gasteiger partial charge in [-0.3, -0.25) is 14.4 Å². The second-order valence-electron chi connectivity index (χ2n) is 6.78. The number of hydrogen-bond acceptors (Lipinski definition) is 5. The maximum absolute atomic E-state index is 13.7. The Labute approximate surface area is 182 Å². The SMILES string of the molecule is CCOC.COc1c2n(cc(C(=O)NCc3c(F)cc(F)cc3F)c1=O)CCN(C)C2=O. The van der Waals surface area contributed by atoms with Gasteiger partial charge in [0, 0.05) is 64.3 Å². The van der Waals surface area contributed by atoms with Gasteiger partial charge in [-0.2, -0.15) is 0 Å². The minimum Gasteiger partial charge on any atom is -0.491 e. The molecule has 1 aromatic carbocycles. The summed E-state index contributed by atoms with van der Waals surface area (Å²) < 4.78 is 51.4. The Morgan fingerprint density at radius 2 is 1.72 bits per heavy atom. The monoisotopic (exact) mass is 455 g/mol. The maximum atomic E-state index is 13.7. The Hall–Kier alpha value is -3.34. The Morgan fingerprint density at radius 1 is 1.12 bits per heavy atom. The number of amides is 2. The van der Waals surface area contributed by atoms with Gasteiger partial charge in [-0.1, -0.05) is 0 Å². The summed E-state index contributed by atoms with van der Waals surface area (Å²) >= 11 is 0. The van der Waals surface area contributed by atoms with Crippen LogP contribution in [0.4, 0.5) is 13.2 Å². The van der Waals surface area contributed by atoms with Crippen LogP contribution < -0.4 is 15.5 Å². The molecule has 2 amide bonds. The second-order valence-corrected chi connectivity index (χ2v) is 6.78. The number of nitrogens with one attached hydrogen (secondary N) is 1. The Balaban J connectivity index is 0.000000837. The van der Waals surface area contributed by atoms with Crippen molar-refractivity contribution >= 4 is 11.8 Å². The fourth-order valence-corrected chi connectivity index (χ4v) is 2.93. The van der Waals surface area contributed by atoms with E-state index in [1.54, 1.807) is 14.2 Å². The normalized spacial score (nSPS) is 12.6. The molecule has 2 heterocycles. The van der Waals surface area contributed by atoms with Crippen molar-refractivity contribution in [2.24, 2.45) is 0 Å². The topological polar surface area (TPSA) is 89.9 Å². The Kier molecular flexibility index (Phi) is 8.41. The van der Waals surface area contributed by atoms with Crippen molar-refractivity contribution in [3.8, 4) is 5.75 Å². The molecule has 1 aromatic heterocycles. The van der Waals surface area contributed by atoms with E-state index < -0.39 is 46.8 Å². The van der Waals surface area contributed by atoms with Crippen LogP contribution in [0, 0.1) is 17.5 Å². The first-order valence-electron chi connectivity index (χ1n) is 9.63. The highest BCUT2D eigenvalue weighted by Gasteiger charge is 2.30. The number of aromatic nitrogens is 1. The summed E-state index contributed by atoms with van der Waals surface area (Å²) in [7, 11) is 4.45. The van der Waals surface area contributed by atoms with Crippen LogP contribution in [0.2, 0.25) is 0 Å². The number of pyridine rings is 1. The number of nitrogens with zero attached hydrogens (tertiary/aromatic N) is 2. The molecule has 0 atom stereocenters. The number of benzene rings is 1. The summed E-state index contributed by atoms with van der Waals surface area (Å²) in [5.41, 5.74) is -1.69. The molecule has 3 rings (SSSR count). The van der Waals surface area contributed by atoms with Crippen molar-refractivity contribution in [3.05, 3.63) is 62.8 Å². The molecule has 0 spiro atoms. The van der Waals surface area contributed by atoms with Crippen LogP contribution >= 0.6 is 0 Å². The molecular weight excluding hydrogens is 431 g/mol. The molecule has 11 heteroatoms. The van der Waals surface area contributed by atoms with E-state index in [9.17, 15) is 27.6 Å². The molecule has 32 heavy (non-hydrogen) atoms. The minimum absolute atomic E-state index is 0.0217. The Morgan fingerprint density at radius 3 is 2.25 bits per heavy atom. The van der Waals surface area contributed by atoms with Crippen molar-refractivity contribution in [2.75, 3.05) is 34.4 Å². The molecule has 1 aliphatic heterocycles. The summed E-state index contributed by atoms with van der Waals surface area (Å²) in [6.45, 7) is 2.88. The smallest absolute Gasteiger partial charge is 0.274 e. The third-order valence-electron chi connectivity index (χ3n) is 4.73. The van der Waals surface area contributed by atoms with Gasteiger partial charge in [0.2, 0.25) is 5.43 Å². The number of carbonyl (C=O) groups is 2. The van der Waals surface area contributed by atoms with Gasteiger partial charge in [-0.05, 0) is 6.92 Å². The van der Waals surface area contributed by atoms with E-state index >= 15 is 0 Å². The molecule has 8 nitrogen and oxygen atoms in total. The van der Waals surface area contributed by atoms with E-state index in [-0.39, 0.29) is 17.0 Å². The van der Waals surface area contributed by atoms with Crippen molar-refractivity contribution in [2.45, 2.75) is 20.0 Å². The van der Waals surface area contributed by atoms with Crippen LogP contribution in [0.25, 0.3) is 0 Å². The lowest BCUT2D eigenvalue weighted by Crippen LogP contribution is -2.41. The molecule has 0 aliphatic carbocycles. The lowest BCUT2D eigenvalue weighted by Gasteiger charge is -2.28. The number of methoxy groups -OCH3 is 2. The van der Waals surface area contributed by atoms with Gasteiger partial charge in [-0.25, -0.2) is 13.2 Å². The zero-order chi connectivity index (χ0) is 24.0. The van der Waals surface area contributed by atoms with Crippen molar-refractivity contribution < 1.29 is 32.2 Å². The molecular formula is C21H24F3N3O5. The minimum atomic E-state index is -1.16. The first kappa shape index (κ1) is 24.9. The molecule has 0 bridgehead atoms. The number of likely N-dealkylation sites (N-methyl/N-ethyl adjacent to an activating group) is 1. The van der Waals surface area contributed by atoms with Gasteiger partial charge < -0.3 is 24.3 Å². The fourth-order valence-electron chi connectivity index (χ4n) is 2.93. The van der Waals surface area contributed by atoms with Crippen LogP contribution in [-0.4, -0.2) is 55.7 Å². The highest BCUT2D eigenvalue weighted by molar-refractivity contribution is 5.99. The lowest BCUT2D eigenvalue weighted by atomic mass is 10.1. The van der Waals surface area contributed by atoms with Crippen LogP contribution in [0.5, 0.6) is 5.75 Å². The molecule has 0 saturated heterocycles. The van der Waals surface area contributed by atoms with Crippen LogP contribution in [0.15, 0.2) is 23.1 Å². The van der Waals surface area contributed by atoms with E-state index in [0.717, 1.165) is 6.61 Å². The zero-order valence-corrected chi connectivity index (χ0v) is 18.1. The standard InChI is InChI=1S/C18H16F3N3O4.C3H8O/c1-23-3-4-24-8-11(15(25)16(28-2)14(24)18(23)27)17(26)22-7-10-12(20)5-9(19)6-13(10)21;1-3-4-2/h5-6,8H,3-4,7H2,1-2H3,(H,22,26);3H2,1-2H3. The average Bonchev–Trinajstić information content (AvgIpc) is 2.75. The van der Waals surface area contributed by atoms with Gasteiger partial charge in [-0.15, -0.1) is 0 Å². The highest BCUT2D eigenvalue weighted by atomic mass is 19.1. The number of fused-ring (bicyclic) bond motifs is 1. The molecule has 0 saturated carbocycles. The number of ether oxygens (including phenoxy) is 2. The summed E-state index contributed by atoms with van der Waals surface area (Å²) in [6.07, 6.45) is 1.21. The molecule has 0 fully saturated rings. The van der Waals surface area contributed by atoms with E-state index in [1.807, 2.05) is 6.92 Å². The average molecular weight is 455 g/mol. The quantitative estimate of drug-likeness (QED) is 0.745. The Bertz CT molecular complexity index is 1050. The summed E-state index contributed by atoms with van der Waals surface area (Å²) in [6, 6.07) is 0.979. The first-order chi connectivity index (χ1) is 15.2. The molecule has 1 aliphatic rings. The molecule has 174 valence electrons. The van der Waals surface area contributed by atoms with Gasteiger partial charge >= 0.3 is 0 Å². The third-order valence-corrected chi connectivity index (χ3v) is 4.73. The number of carbonyl (C=O) groups excluding carboxylic acids is 2. The van der Waals surface area contributed by atoms with Crippen molar-refractivity contribution in [1.29, 1.82) is 0 Å². The van der Waals surface area contributed by atoms with Crippen molar-refractivity contribution in [1.82, 2.24) is 14.8 Å². The molecule has 0 unspecified atom stereocenters. The predicted octanol–water partition coefficient (Wildman–Crippen LogP) is 1.94. The van der Waals surface area contributed by atoms with E-state index in [1.165, 1.54) is 22.8 Å². The summed E-state index contributed by atoms with van der Waals surface area (Å²) in [5, 5.41) is 2.23. The molecule has 1 N–H and O–H groups in total. The fraction of sp³-hybridized carbons (Fsp3) is 0.381. The highest BCUT2D eigenvalue weighted by Crippen LogP contribution is 2.20. The maximum Gasteiger partial charge on any atom is 0.274 e. The van der Waals surface area contributed by atoms with Crippen LogP contribution in [0.1, 0.15) is 33.3 Å². The largest absolute Gasteiger partial charge is 0.491 e. The third kappa shape index (κ3) is 5.28. The van der Waals surface area contributed by atoms with E-state index in [0.29, 0.717) is 25.2 Å². The first-order valence-corrected chi connectivity index (χ1v) is 9.63. The zero-order valence-electron chi connectivity index (χ0n) is 18.1. The predicted molar refractivity (Wildman–Crippen MR) is 109 cm³/mol. The van der Waals surface area contributed by atoms with Crippen LogP contribution in [-0.2, 0) is 17.8 Å². The lowest BCUT2D eigenvalue weighted by molar-refractivity contribution is 0.0739. The van der Waals surface area contributed by atoms with E-state index in [2.05, 4.69) is 10.1 Å². The van der Waals surface area contributed by atoms with Gasteiger partial charge in [0.15, 0.2) is 11.4 Å². The number of hydrogen-bond donors (Lipinski definition) is 1. The van der Waals surface area contributed by atoms with Gasteiger partial charge in [0.05, 0.1) is 7.11 Å². The number of halogens is 3. The van der Waals surface area contributed by atoms with E-state index in [4.69, 9.17) is 4.74 Å². The molecule has 2 aromatic rings. The summed E-state index contributed by atoms with van der Waals surface area (Å²) in [5.74, 6) is -5.03.